The number of likely N-dealkylation sites (N-methyl/N-ethyl adjacent to an activating group) is 1. The van der Waals surface area contributed by atoms with E-state index in [0.717, 1.165) is 17.3 Å². The minimum atomic E-state index is -0.107. The van der Waals surface area contributed by atoms with Crippen LogP contribution in [0, 0.1) is 0 Å². The Morgan fingerprint density at radius 2 is 2.10 bits per heavy atom. The number of pyridine rings is 1. The fourth-order valence-corrected chi connectivity index (χ4v) is 3.31. The average molecular weight is 340 g/mol. The number of hydrogen-bond donors (Lipinski definition) is 1. The molecule has 1 aliphatic carbocycles. The molecule has 1 aromatic rings. The molecule has 0 atom stereocenters. The van der Waals surface area contributed by atoms with Gasteiger partial charge >= 0.3 is 0 Å². The summed E-state index contributed by atoms with van der Waals surface area (Å²) in [6.07, 6.45) is 7.70. The van der Waals surface area contributed by atoms with Gasteiger partial charge in [-0.15, -0.1) is 0 Å². The van der Waals surface area contributed by atoms with Crippen LogP contribution in [-0.2, 0) is 0 Å². The molecule has 0 bridgehead atoms. The first kappa shape index (κ1) is 15.4. The van der Waals surface area contributed by atoms with E-state index in [2.05, 4.69) is 45.2 Å². The van der Waals surface area contributed by atoms with E-state index in [1.807, 2.05) is 12.1 Å². The second-order valence-corrected chi connectivity index (χ2v) is 6.55. The quantitative estimate of drug-likeness (QED) is 0.917. The predicted molar refractivity (Wildman–Crippen MR) is 83.8 cm³/mol. The van der Waals surface area contributed by atoms with Crippen molar-refractivity contribution in [1.29, 1.82) is 0 Å². The normalized spacial score (nSPS) is 18.0. The third-order valence-corrected chi connectivity index (χ3v) is 4.92. The van der Waals surface area contributed by atoms with Crippen LogP contribution in [0.5, 0.6) is 0 Å². The van der Waals surface area contributed by atoms with Crippen molar-refractivity contribution < 1.29 is 4.79 Å². The second-order valence-electron chi connectivity index (χ2n) is 5.70. The van der Waals surface area contributed by atoms with Crippen LogP contribution < -0.4 is 5.32 Å². The smallest absolute Gasteiger partial charge is 0.271 e. The predicted octanol–water partition coefficient (Wildman–Crippen LogP) is 2.84. The van der Waals surface area contributed by atoms with Gasteiger partial charge in [0.1, 0.15) is 5.69 Å². The number of aromatic nitrogens is 1. The van der Waals surface area contributed by atoms with Crippen LogP contribution in [0.15, 0.2) is 22.8 Å². The van der Waals surface area contributed by atoms with Crippen molar-refractivity contribution in [3.05, 3.63) is 28.5 Å². The van der Waals surface area contributed by atoms with E-state index in [1.54, 1.807) is 6.20 Å². The van der Waals surface area contributed by atoms with Crippen LogP contribution in [0.4, 0.5) is 0 Å². The van der Waals surface area contributed by atoms with Gasteiger partial charge in [0, 0.05) is 22.8 Å². The molecule has 4 nitrogen and oxygen atoms in total. The number of nitrogens with zero attached hydrogens (tertiary/aromatic N) is 2. The zero-order valence-corrected chi connectivity index (χ0v) is 13.7. The molecular formula is C15H22BrN3O. The maximum Gasteiger partial charge on any atom is 0.271 e. The summed E-state index contributed by atoms with van der Waals surface area (Å²) in [4.78, 5) is 18.7. The highest BCUT2D eigenvalue weighted by molar-refractivity contribution is 9.10. The summed E-state index contributed by atoms with van der Waals surface area (Å²) in [6.45, 7) is 0.682. The molecule has 1 aromatic heterocycles. The summed E-state index contributed by atoms with van der Waals surface area (Å²) in [6, 6.07) is 3.65. The van der Waals surface area contributed by atoms with E-state index < -0.39 is 0 Å². The molecule has 0 spiro atoms. The molecule has 1 heterocycles. The number of halogens is 1. The van der Waals surface area contributed by atoms with Crippen molar-refractivity contribution >= 4 is 21.8 Å². The highest BCUT2D eigenvalue weighted by atomic mass is 79.9. The fraction of sp³-hybridized carbons (Fsp3) is 0.600. The lowest BCUT2D eigenvalue weighted by molar-refractivity contribution is 0.0795. The van der Waals surface area contributed by atoms with Gasteiger partial charge in [0.15, 0.2) is 0 Å². The van der Waals surface area contributed by atoms with Crippen LogP contribution >= 0.6 is 15.9 Å². The van der Waals surface area contributed by atoms with Crippen LogP contribution in [0.3, 0.4) is 0 Å². The Bertz CT molecular complexity index is 470. The Labute approximate surface area is 129 Å². The Hall–Kier alpha value is -0.940. The SMILES string of the molecule is CN(C)C1(CNC(=O)c2ncccc2Br)CCCCC1. The van der Waals surface area contributed by atoms with E-state index in [-0.39, 0.29) is 11.4 Å². The molecular weight excluding hydrogens is 318 g/mol. The number of hydrogen-bond acceptors (Lipinski definition) is 3. The Morgan fingerprint density at radius 1 is 1.40 bits per heavy atom. The van der Waals surface area contributed by atoms with Crippen molar-refractivity contribution in [2.24, 2.45) is 0 Å². The van der Waals surface area contributed by atoms with Crippen LogP contribution in [-0.4, -0.2) is 42.0 Å². The number of nitrogens with one attached hydrogen (secondary N) is 1. The topological polar surface area (TPSA) is 45.2 Å². The molecule has 0 radical (unpaired) electrons. The molecule has 0 unspecified atom stereocenters. The first-order valence-corrected chi connectivity index (χ1v) is 7.91. The Morgan fingerprint density at radius 3 is 2.70 bits per heavy atom. The fourth-order valence-electron chi connectivity index (χ4n) is 2.87. The summed E-state index contributed by atoms with van der Waals surface area (Å²) in [7, 11) is 4.21. The Balaban J connectivity index is 2.03. The maximum atomic E-state index is 12.3. The highest BCUT2D eigenvalue weighted by Crippen LogP contribution is 2.31. The van der Waals surface area contributed by atoms with E-state index >= 15 is 0 Å². The lowest BCUT2D eigenvalue weighted by Gasteiger charge is -2.43. The van der Waals surface area contributed by atoms with Crippen molar-refractivity contribution in [3.63, 3.8) is 0 Å². The minimum Gasteiger partial charge on any atom is -0.349 e. The van der Waals surface area contributed by atoms with Crippen LogP contribution in [0.2, 0.25) is 0 Å². The van der Waals surface area contributed by atoms with Gasteiger partial charge in [-0.05, 0) is 55.0 Å². The zero-order chi connectivity index (χ0) is 14.6. The lowest BCUT2D eigenvalue weighted by Crippen LogP contribution is -2.53. The average Bonchev–Trinajstić information content (AvgIpc) is 2.46. The van der Waals surface area contributed by atoms with Crippen molar-refractivity contribution in [2.75, 3.05) is 20.6 Å². The molecule has 0 saturated heterocycles. The molecule has 20 heavy (non-hydrogen) atoms. The lowest BCUT2D eigenvalue weighted by atomic mass is 9.80. The van der Waals surface area contributed by atoms with Gasteiger partial charge in [-0.25, -0.2) is 4.98 Å². The molecule has 110 valence electrons. The molecule has 1 fully saturated rings. The van der Waals surface area contributed by atoms with Gasteiger partial charge in [-0.2, -0.15) is 0 Å². The molecule has 2 rings (SSSR count). The summed E-state index contributed by atoms with van der Waals surface area (Å²) in [5, 5.41) is 3.06. The van der Waals surface area contributed by atoms with E-state index in [1.165, 1.54) is 19.3 Å². The van der Waals surface area contributed by atoms with E-state index in [9.17, 15) is 4.79 Å². The standard InChI is InChI=1S/C15H22BrN3O/c1-19(2)15(8-4-3-5-9-15)11-18-14(20)13-12(16)7-6-10-17-13/h6-7,10H,3-5,8-9,11H2,1-2H3,(H,18,20). The summed E-state index contributed by atoms with van der Waals surface area (Å²) in [5.74, 6) is -0.107. The second kappa shape index (κ2) is 6.68. The van der Waals surface area contributed by atoms with Gasteiger partial charge in [-0.1, -0.05) is 19.3 Å². The summed E-state index contributed by atoms with van der Waals surface area (Å²) in [5.41, 5.74) is 0.548. The molecule has 0 aliphatic heterocycles. The molecule has 1 aliphatic rings. The van der Waals surface area contributed by atoms with E-state index in [0.29, 0.717) is 12.2 Å². The highest BCUT2D eigenvalue weighted by Gasteiger charge is 2.34. The van der Waals surface area contributed by atoms with E-state index in [4.69, 9.17) is 0 Å². The van der Waals surface area contributed by atoms with Crippen LogP contribution in [0.25, 0.3) is 0 Å². The number of carbonyl (C=O) groups excluding carboxylic acids is 1. The number of amides is 1. The number of carbonyl (C=O) groups is 1. The molecule has 0 aromatic carbocycles. The molecule has 5 heteroatoms. The minimum absolute atomic E-state index is 0.0924. The van der Waals surface area contributed by atoms with Crippen molar-refractivity contribution in [1.82, 2.24) is 15.2 Å². The first-order chi connectivity index (χ1) is 9.55. The van der Waals surface area contributed by atoms with Gasteiger partial charge in [0.05, 0.1) is 0 Å². The molecule has 1 amide bonds. The van der Waals surface area contributed by atoms with Gasteiger partial charge in [0.2, 0.25) is 0 Å². The third-order valence-electron chi connectivity index (χ3n) is 4.28. The third kappa shape index (κ3) is 3.38. The van der Waals surface area contributed by atoms with Gasteiger partial charge < -0.3 is 10.2 Å². The first-order valence-electron chi connectivity index (χ1n) is 7.11. The molecule has 1 saturated carbocycles. The van der Waals surface area contributed by atoms with Crippen LogP contribution in [0.1, 0.15) is 42.6 Å². The monoisotopic (exact) mass is 339 g/mol. The maximum absolute atomic E-state index is 12.3. The zero-order valence-electron chi connectivity index (χ0n) is 12.2. The molecule has 1 N–H and O–H groups in total. The van der Waals surface area contributed by atoms with Crippen molar-refractivity contribution in [2.45, 2.75) is 37.6 Å². The number of rotatable bonds is 4. The largest absolute Gasteiger partial charge is 0.349 e. The Kier molecular flexibility index (Phi) is 5.16. The van der Waals surface area contributed by atoms with Crippen molar-refractivity contribution in [3.8, 4) is 0 Å². The summed E-state index contributed by atoms with van der Waals surface area (Å²) < 4.78 is 0.736. The summed E-state index contributed by atoms with van der Waals surface area (Å²) >= 11 is 3.37. The van der Waals surface area contributed by atoms with Gasteiger partial charge in [0.25, 0.3) is 5.91 Å². The van der Waals surface area contributed by atoms with Gasteiger partial charge in [-0.3, -0.25) is 4.79 Å².